The largest absolute Gasteiger partial charge is 0.455 e. The number of fused-ring (bicyclic) bond motifs is 1. The molecule has 4 nitrogen and oxygen atoms in total. The van der Waals surface area contributed by atoms with Gasteiger partial charge in [0.15, 0.2) is 0 Å². The number of hydrogen-bond donors (Lipinski definition) is 2. The average Bonchev–Trinajstić information content (AvgIpc) is 3.26. The van der Waals surface area contributed by atoms with Crippen molar-refractivity contribution in [3.63, 3.8) is 0 Å². The second kappa shape index (κ2) is 11.0. The van der Waals surface area contributed by atoms with E-state index in [4.69, 9.17) is 4.42 Å². The van der Waals surface area contributed by atoms with E-state index in [0.717, 1.165) is 40.6 Å². The number of amides is 1. The summed E-state index contributed by atoms with van der Waals surface area (Å²) in [7, 11) is 1.83. The number of furan rings is 1. The Morgan fingerprint density at radius 3 is 2.51 bits per heavy atom. The highest BCUT2D eigenvalue weighted by atomic mass is 19.1. The van der Waals surface area contributed by atoms with E-state index in [2.05, 4.69) is 61.9 Å². The van der Waals surface area contributed by atoms with Gasteiger partial charge in [0.25, 0.3) is 5.91 Å². The molecule has 1 aliphatic carbocycles. The molecule has 1 heterocycles. The van der Waals surface area contributed by atoms with Gasteiger partial charge in [-0.15, -0.1) is 0 Å². The van der Waals surface area contributed by atoms with Crippen LogP contribution in [0.5, 0.6) is 0 Å². The number of nitrogens with one attached hydrogen (secondary N) is 2. The molecule has 37 heavy (non-hydrogen) atoms. The lowest BCUT2D eigenvalue weighted by Crippen LogP contribution is -2.25. The fourth-order valence-electron chi connectivity index (χ4n) is 4.85. The third kappa shape index (κ3) is 5.31. The second-order valence-corrected chi connectivity index (χ2v) is 9.62. The van der Waals surface area contributed by atoms with E-state index >= 15 is 0 Å². The lowest BCUT2D eigenvalue weighted by molar-refractivity contribution is -0.116. The summed E-state index contributed by atoms with van der Waals surface area (Å²) >= 11 is 0. The molecule has 0 saturated heterocycles. The van der Waals surface area contributed by atoms with Crippen molar-refractivity contribution < 1.29 is 13.6 Å². The van der Waals surface area contributed by atoms with E-state index in [-0.39, 0.29) is 23.6 Å². The van der Waals surface area contributed by atoms with Crippen molar-refractivity contribution in [1.29, 1.82) is 0 Å². The zero-order valence-corrected chi connectivity index (χ0v) is 22.1. The van der Waals surface area contributed by atoms with Gasteiger partial charge in [-0.3, -0.25) is 4.79 Å². The number of halogens is 1. The van der Waals surface area contributed by atoms with Gasteiger partial charge in [0.1, 0.15) is 17.2 Å². The third-order valence-corrected chi connectivity index (χ3v) is 7.02. The van der Waals surface area contributed by atoms with E-state index in [1.807, 2.05) is 20.0 Å². The first-order valence-corrected chi connectivity index (χ1v) is 12.9. The van der Waals surface area contributed by atoms with Crippen molar-refractivity contribution in [2.75, 3.05) is 7.05 Å². The molecular weight excluding hydrogens is 463 g/mol. The SMILES string of the molecule is C=C(CC)NC(=O)C1=CC(c2cc3c(C(=C)NC)c(-c4ccc(F)cc4)oc3cc2CCC)C(C)C=C1. The lowest BCUT2D eigenvalue weighted by Gasteiger charge is -2.26. The maximum atomic E-state index is 13.6. The Bertz CT molecular complexity index is 1410. The number of rotatable bonds is 9. The Kier molecular flexibility index (Phi) is 7.82. The van der Waals surface area contributed by atoms with Gasteiger partial charge in [-0.2, -0.15) is 0 Å². The van der Waals surface area contributed by atoms with Gasteiger partial charge < -0.3 is 15.1 Å². The number of carbonyl (C=O) groups excluding carboxylic acids is 1. The predicted octanol–water partition coefficient (Wildman–Crippen LogP) is 7.64. The molecule has 0 bridgehead atoms. The maximum Gasteiger partial charge on any atom is 0.255 e. The summed E-state index contributed by atoms with van der Waals surface area (Å²) in [4.78, 5) is 12.9. The van der Waals surface area contributed by atoms with Gasteiger partial charge in [-0.05, 0) is 66.3 Å². The lowest BCUT2D eigenvalue weighted by atomic mass is 9.79. The number of aryl methyl sites for hydroxylation is 1. The summed E-state index contributed by atoms with van der Waals surface area (Å²) < 4.78 is 20.0. The molecular formula is C32H35FN2O2. The summed E-state index contributed by atoms with van der Waals surface area (Å²) in [6.07, 6.45) is 8.61. The zero-order chi connectivity index (χ0) is 26.7. The van der Waals surface area contributed by atoms with Crippen LogP contribution in [-0.4, -0.2) is 13.0 Å². The molecule has 0 fully saturated rings. The van der Waals surface area contributed by atoms with E-state index in [1.54, 1.807) is 12.1 Å². The highest BCUT2D eigenvalue weighted by Gasteiger charge is 2.27. The molecule has 0 saturated carbocycles. The highest BCUT2D eigenvalue weighted by Crippen LogP contribution is 2.42. The molecule has 0 spiro atoms. The van der Waals surface area contributed by atoms with Crippen LogP contribution < -0.4 is 10.6 Å². The fraction of sp³-hybridized carbons (Fsp3) is 0.281. The molecule has 2 N–H and O–H groups in total. The van der Waals surface area contributed by atoms with E-state index in [1.165, 1.54) is 23.3 Å². The van der Waals surface area contributed by atoms with Gasteiger partial charge >= 0.3 is 0 Å². The minimum absolute atomic E-state index is 0.0199. The van der Waals surface area contributed by atoms with Crippen LogP contribution in [0.1, 0.15) is 56.2 Å². The van der Waals surface area contributed by atoms with E-state index in [0.29, 0.717) is 23.5 Å². The first kappa shape index (κ1) is 26.2. The Balaban J connectivity index is 1.89. The van der Waals surface area contributed by atoms with Crippen LogP contribution in [0.25, 0.3) is 28.0 Å². The van der Waals surface area contributed by atoms with Crippen molar-refractivity contribution in [2.45, 2.75) is 46.0 Å². The van der Waals surface area contributed by atoms with Crippen molar-refractivity contribution in [3.05, 3.63) is 102 Å². The normalized spacial score (nSPS) is 16.9. The molecule has 2 unspecified atom stereocenters. The summed E-state index contributed by atoms with van der Waals surface area (Å²) in [6, 6.07) is 10.6. The first-order valence-electron chi connectivity index (χ1n) is 12.9. The van der Waals surface area contributed by atoms with Crippen LogP contribution in [0.3, 0.4) is 0 Å². The van der Waals surface area contributed by atoms with Crippen molar-refractivity contribution in [2.24, 2.45) is 5.92 Å². The minimum Gasteiger partial charge on any atom is -0.455 e. The Hall–Kier alpha value is -3.86. The first-order chi connectivity index (χ1) is 17.8. The number of benzene rings is 2. The van der Waals surface area contributed by atoms with Crippen LogP contribution in [0.15, 0.2) is 83.5 Å². The quantitative estimate of drug-likeness (QED) is 0.319. The summed E-state index contributed by atoms with van der Waals surface area (Å²) in [5, 5.41) is 7.00. The molecule has 0 aliphatic heterocycles. The van der Waals surface area contributed by atoms with Gasteiger partial charge in [0.2, 0.25) is 0 Å². The van der Waals surface area contributed by atoms with Crippen LogP contribution in [0.2, 0.25) is 0 Å². The van der Waals surface area contributed by atoms with Gasteiger partial charge in [0, 0.05) is 40.9 Å². The second-order valence-electron chi connectivity index (χ2n) is 9.62. The van der Waals surface area contributed by atoms with Gasteiger partial charge in [-0.25, -0.2) is 4.39 Å². The third-order valence-electron chi connectivity index (χ3n) is 7.02. The summed E-state index contributed by atoms with van der Waals surface area (Å²) in [5.41, 5.74) is 6.82. The summed E-state index contributed by atoms with van der Waals surface area (Å²) in [6.45, 7) is 14.4. The monoisotopic (exact) mass is 498 g/mol. The number of allylic oxidation sites excluding steroid dienone is 3. The molecule has 0 radical (unpaired) electrons. The molecule has 2 atom stereocenters. The molecule has 1 amide bonds. The number of hydrogen-bond acceptors (Lipinski definition) is 3. The van der Waals surface area contributed by atoms with Gasteiger partial charge in [0.05, 0.1) is 5.56 Å². The minimum atomic E-state index is -0.296. The van der Waals surface area contributed by atoms with Crippen LogP contribution in [0.4, 0.5) is 4.39 Å². The predicted molar refractivity (Wildman–Crippen MR) is 150 cm³/mol. The highest BCUT2D eigenvalue weighted by molar-refractivity contribution is 5.99. The Morgan fingerprint density at radius 2 is 1.86 bits per heavy atom. The van der Waals surface area contributed by atoms with Crippen molar-refractivity contribution >= 4 is 22.6 Å². The Labute approximate surface area is 218 Å². The van der Waals surface area contributed by atoms with E-state index < -0.39 is 0 Å². The Morgan fingerprint density at radius 1 is 1.14 bits per heavy atom. The van der Waals surface area contributed by atoms with Crippen molar-refractivity contribution in [1.82, 2.24) is 10.6 Å². The van der Waals surface area contributed by atoms with Crippen molar-refractivity contribution in [3.8, 4) is 11.3 Å². The number of carbonyl (C=O) groups is 1. The summed E-state index contributed by atoms with van der Waals surface area (Å²) in [5.74, 6) is 0.447. The van der Waals surface area contributed by atoms with Gasteiger partial charge in [-0.1, -0.05) is 58.6 Å². The molecule has 1 aliphatic rings. The van der Waals surface area contributed by atoms with Crippen LogP contribution >= 0.6 is 0 Å². The van der Waals surface area contributed by atoms with Crippen LogP contribution in [-0.2, 0) is 11.2 Å². The maximum absolute atomic E-state index is 13.6. The van der Waals surface area contributed by atoms with Crippen LogP contribution in [0, 0.1) is 11.7 Å². The standard InChI is InChI=1S/C32H35FN2O2/c1-7-9-23-17-29-28(30(21(5)34-6)31(37-29)22-12-14-25(33)15-13-22)18-27(23)26-16-24(11-10-19(26)3)32(36)35-20(4)8-2/h10-19,26,34H,4-5,7-9H2,1-3,6H3,(H,35,36). The fourth-order valence-corrected chi connectivity index (χ4v) is 4.85. The zero-order valence-electron chi connectivity index (χ0n) is 22.1. The molecule has 3 aromatic rings. The molecule has 2 aromatic carbocycles. The van der Waals surface area contributed by atoms with E-state index in [9.17, 15) is 9.18 Å². The molecule has 4 rings (SSSR count). The molecule has 1 aromatic heterocycles. The topological polar surface area (TPSA) is 54.3 Å². The smallest absolute Gasteiger partial charge is 0.255 e. The average molecular weight is 499 g/mol. The molecule has 192 valence electrons. The molecule has 5 heteroatoms.